The Hall–Kier alpha value is -7.64. The molecule has 14 nitrogen and oxygen atoms in total. The van der Waals surface area contributed by atoms with Crippen molar-refractivity contribution in [2.45, 2.75) is 12.4 Å². The second kappa shape index (κ2) is 15.8. The van der Waals surface area contributed by atoms with Gasteiger partial charge in [0, 0.05) is 59.2 Å². The fraction of sp³-hybridized carbons (Fsp3) is 0.0556. The molecule has 286 valence electrons. The molecule has 0 amide bonds. The third-order valence-corrected chi connectivity index (χ3v) is 7.67. The number of para-hydroxylation sites is 4. The molecular formula is C36H22F6N6O8. The summed E-state index contributed by atoms with van der Waals surface area (Å²) in [5.41, 5.74) is -6.33. The lowest BCUT2D eigenvalue weighted by atomic mass is 10.1. The predicted octanol–water partition coefficient (Wildman–Crippen LogP) is 9.37. The summed E-state index contributed by atoms with van der Waals surface area (Å²) in [5, 5.41) is 64.4. The van der Waals surface area contributed by atoms with E-state index in [2.05, 4.69) is 20.0 Å². The van der Waals surface area contributed by atoms with Crippen molar-refractivity contribution in [2.24, 2.45) is 20.0 Å². The van der Waals surface area contributed by atoms with Crippen LogP contribution in [-0.2, 0) is 12.4 Å². The van der Waals surface area contributed by atoms with E-state index in [1.54, 1.807) is 0 Å². The number of alkyl halides is 6. The maximum Gasteiger partial charge on any atom is 0.419 e. The Balaban J connectivity index is 1.75. The molecule has 5 aromatic carbocycles. The summed E-state index contributed by atoms with van der Waals surface area (Å²) >= 11 is 0. The van der Waals surface area contributed by atoms with E-state index in [1.807, 2.05) is 0 Å². The maximum absolute atomic E-state index is 13.5. The number of phenols is 4. The maximum atomic E-state index is 13.5. The molecule has 5 aromatic rings. The van der Waals surface area contributed by atoms with Gasteiger partial charge in [0.2, 0.25) is 11.5 Å². The van der Waals surface area contributed by atoms with Crippen LogP contribution in [0.4, 0.5) is 60.5 Å². The molecule has 0 aliphatic heterocycles. The number of nitrogens with zero attached hydrogens (tertiary/aromatic N) is 6. The highest BCUT2D eigenvalue weighted by atomic mass is 19.4. The second-order valence-electron chi connectivity index (χ2n) is 11.3. The number of halogens is 6. The number of aliphatic imine (C=N–C) groups is 4. The zero-order chi connectivity index (χ0) is 40.9. The molecule has 0 bridgehead atoms. The third-order valence-electron chi connectivity index (χ3n) is 7.67. The van der Waals surface area contributed by atoms with Gasteiger partial charge in [0.05, 0.1) is 43.7 Å². The fourth-order valence-corrected chi connectivity index (χ4v) is 4.91. The van der Waals surface area contributed by atoms with Crippen molar-refractivity contribution in [3.05, 3.63) is 139 Å². The first-order chi connectivity index (χ1) is 26.4. The van der Waals surface area contributed by atoms with Crippen LogP contribution in [0.25, 0.3) is 0 Å². The van der Waals surface area contributed by atoms with Crippen LogP contribution in [0.1, 0.15) is 33.4 Å². The summed E-state index contributed by atoms with van der Waals surface area (Å²) in [6, 6.07) is 14.6. The first-order valence-electron chi connectivity index (χ1n) is 15.4. The van der Waals surface area contributed by atoms with Gasteiger partial charge in [-0.3, -0.25) is 40.2 Å². The highest BCUT2D eigenvalue weighted by Gasteiger charge is 2.35. The van der Waals surface area contributed by atoms with Gasteiger partial charge in [-0.25, -0.2) is 0 Å². The summed E-state index contributed by atoms with van der Waals surface area (Å²) in [6.45, 7) is 0. The molecule has 0 saturated carbocycles. The van der Waals surface area contributed by atoms with E-state index < -0.39 is 78.8 Å². The number of nitro groups is 2. The molecule has 0 aliphatic rings. The highest BCUT2D eigenvalue weighted by molar-refractivity contribution is 5.95. The molecule has 0 aliphatic carbocycles. The van der Waals surface area contributed by atoms with Crippen LogP contribution in [0.15, 0.2) is 105 Å². The summed E-state index contributed by atoms with van der Waals surface area (Å²) in [5.74, 6) is -3.96. The number of nitro benzene ring substituents is 2. The van der Waals surface area contributed by atoms with Crippen LogP contribution < -0.4 is 0 Å². The van der Waals surface area contributed by atoms with Crippen molar-refractivity contribution in [3.8, 4) is 23.0 Å². The van der Waals surface area contributed by atoms with E-state index >= 15 is 0 Å². The Bertz CT molecular complexity index is 2320. The Morgan fingerprint density at radius 2 is 0.732 bits per heavy atom. The van der Waals surface area contributed by atoms with Gasteiger partial charge in [0.15, 0.2) is 0 Å². The molecule has 0 saturated heterocycles. The highest BCUT2D eigenvalue weighted by Crippen LogP contribution is 2.43. The van der Waals surface area contributed by atoms with Crippen molar-refractivity contribution >= 4 is 59.0 Å². The van der Waals surface area contributed by atoms with Crippen LogP contribution >= 0.6 is 0 Å². The Labute approximate surface area is 309 Å². The normalized spacial score (nSPS) is 12.4. The lowest BCUT2D eigenvalue weighted by Crippen LogP contribution is -2.06. The van der Waals surface area contributed by atoms with Crippen LogP contribution in [0.2, 0.25) is 0 Å². The Morgan fingerprint density at radius 1 is 0.464 bits per heavy atom. The summed E-state index contributed by atoms with van der Waals surface area (Å²) in [7, 11) is 0. The SMILES string of the molecule is O=[N+]([O-])c1cccc(C=Nc2cc(N=Cc3cccc([N+](=O)[O-])c3O)c(N=Cc3cccc(C(F)(F)F)c3O)cc2N=Cc2cccc(C(F)(F)F)c2O)c1O. The van der Waals surface area contributed by atoms with Crippen molar-refractivity contribution in [1.29, 1.82) is 0 Å². The molecule has 4 N–H and O–H groups in total. The molecule has 0 radical (unpaired) electrons. The number of rotatable bonds is 10. The van der Waals surface area contributed by atoms with Gasteiger partial charge in [-0.05, 0) is 48.5 Å². The Kier molecular flexibility index (Phi) is 11.1. The zero-order valence-electron chi connectivity index (χ0n) is 27.8. The van der Waals surface area contributed by atoms with E-state index in [-0.39, 0.29) is 33.9 Å². The predicted molar refractivity (Wildman–Crippen MR) is 191 cm³/mol. The molecule has 0 unspecified atom stereocenters. The van der Waals surface area contributed by atoms with Crippen LogP contribution in [0.5, 0.6) is 23.0 Å². The monoisotopic (exact) mass is 780 g/mol. The molecule has 0 atom stereocenters. The van der Waals surface area contributed by atoms with E-state index in [1.165, 1.54) is 24.3 Å². The topological polar surface area (TPSA) is 217 Å². The largest absolute Gasteiger partial charge is 0.507 e. The fourth-order valence-electron chi connectivity index (χ4n) is 4.91. The second-order valence-corrected chi connectivity index (χ2v) is 11.3. The molecule has 0 aromatic heterocycles. The van der Waals surface area contributed by atoms with Gasteiger partial charge in [0.25, 0.3) is 0 Å². The van der Waals surface area contributed by atoms with Crippen molar-refractivity contribution in [1.82, 2.24) is 0 Å². The average Bonchev–Trinajstić information content (AvgIpc) is 3.12. The first-order valence-corrected chi connectivity index (χ1v) is 15.4. The van der Waals surface area contributed by atoms with Crippen molar-refractivity contribution < 1.29 is 56.6 Å². The minimum absolute atomic E-state index is 0.182. The third kappa shape index (κ3) is 8.76. The Morgan fingerprint density at radius 3 is 1.00 bits per heavy atom. The van der Waals surface area contributed by atoms with E-state index in [0.717, 1.165) is 73.4 Å². The molecule has 0 heterocycles. The van der Waals surface area contributed by atoms with E-state index in [0.29, 0.717) is 12.1 Å². The lowest BCUT2D eigenvalue weighted by Gasteiger charge is -2.11. The summed E-state index contributed by atoms with van der Waals surface area (Å²) in [4.78, 5) is 37.8. The number of hydrogen-bond donors (Lipinski definition) is 4. The minimum atomic E-state index is -4.95. The quantitative estimate of drug-likeness (QED) is 0.0462. The molecule has 56 heavy (non-hydrogen) atoms. The minimum Gasteiger partial charge on any atom is -0.507 e. The van der Waals surface area contributed by atoms with E-state index in [9.17, 15) is 67.0 Å². The van der Waals surface area contributed by atoms with Crippen LogP contribution in [-0.4, -0.2) is 55.1 Å². The van der Waals surface area contributed by atoms with Gasteiger partial charge in [-0.2, -0.15) is 26.3 Å². The number of aromatic hydroxyl groups is 4. The zero-order valence-corrected chi connectivity index (χ0v) is 27.8. The molecule has 0 spiro atoms. The van der Waals surface area contributed by atoms with Gasteiger partial charge in [-0.15, -0.1) is 0 Å². The van der Waals surface area contributed by atoms with Gasteiger partial charge in [-0.1, -0.05) is 24.3 Å². The van der Waals surface area contributed by atoms with Gasteiger partial charge < -0.3 is 20.4 Å². The van der Waals surface area contributed by atoms with Crippen LogP contribution in [0.3, 0.4) is 0 Å². The number of benzene rings is 5. The number of hydrogen-bond acceptors (Lipinski definition) is 12. The summed E-state index contributed by atoms with van der Waals surface area (Å²) < 4.78 is 81.0. The average molecular weight is 781 g/mol. The number of phenolic OH excluding ortho intramolecular Hbond substituents is 4. The van der Waals surface area contributed by atoms with Crippen LogP contribution in [0, 0.1) is 20.2 Å². The van der Waals surface area contributed by atoms with Gasteiger partial charge in [0.1, 0.15) is 11.5 Å². The van der Waals surface area contributed by atoms with Gasteiger partial charge >= 0.3 is 23.7 Å². The summed E-state index contributed by atoms with van der Waals surface area (Å²) in [6.07, 6.45) is -6.34. The molecular weight excluding hydrogens is 758 g/mol. The van der Waals surface area contributed by atoms with Crippen molar-refractivity contribution in [3.63, 3.8) is 0 Å². The molecule has 0 fully saturated rings. The smallest absolute Gasteiger partial charge is 0.419 e. The molecule has 5 rings (SSSR count). The molecule has 20 heteroatoms. The van der Waals surface area contributed by atoms with Crippen molar-refractivity contribution in [2.75, 3.05) is 0 Å². The lowest BCUT2D eigenvalue weighted by molar-refractivity contribution is -0.386. The first kappa shape index (κ1) is 39.6. The van der Waals surface area contributed by atoms with E-state index in [4.69, 9.17) is 0 Å². The standard InChI is InChI=1S/C36H22F6N6O8/c37-35(38,39)23-9-1-5-19(31(23)49)15-43-25-13-26(44-16-20-6-2-10-24(32(20)50)36(40,41)42)28(46-18-22-8-4-12-30(34(22)52)48(55)56)14-27(25)45-17-21-7-3-11-29(33(21)51)47(53)54/h1-18,49-52H.